The Morgan fingerprint density at radius 1 is 1.20 bits per heavy atom. The van der Waals surface area contributed by atoms with Crippen LogP contribution in [0.25, 0.3) is 0 Å². The Labute approximate surface area is 93.1 Å². The van der Waals surface area contributed by atoms with E-state index in [1.807, 2.05) is 0 Å². The average molecular weight is 203 g/mol. The van der Waals surface area contributed by atoms with Crippen LogP contribution in [0.15, 0.2) is 30.3 Å². The van der Waals surface area contributed by atoms with E-state index in [0.717, 1.165) is 0 Å². The van der Waals surface area contributed by atoms with Crippen molar-refractivity contribution >= 4 is 0 Å². The first-order valence-corrected chi connectivity index (χ1v) is 5.88. The topological polar surface area (TPSA) is 3.24 Å². The first kappa shape index (κ1) is 10.7. The first-order valence-electron chi connectivity index (χ1n) is 5.88. The van der Waals surface area contributed by atoms with E-state index in [0.29, 0.717) is 11.5 Å². The highest BCUT2D eigenvalue weighted by Gasteiger charge is 2.36. The second-order valence-corrected chi connectivity index (χ2v) is 5.18. The van der Waals surface area contributed by atoms with Gasteiger partial charge in [-0.05, 0) is 45.8 Å². The number of nitrogens with zero attached hydrogens (tertiary/aromatic N) is 1. The number of likely N-dealkylation sites (N-methyl/N-ethyl adjacent to an activating group) is 1. The SMILES string of the molecule is CN1CCC[C@@H](c2ccccc2)C1(C)C. The van der Waals surface area contributed by atoms with Crippen molar-refractivity contribution in [2.45, 2.75) is 38.1 Å². The summed E-state index contributed by atoms with van der Waals surface area (Å²) in [6.07, 6.45) is 2.64. The maximum absolute atomic E-state index is 2.49. The van der Waals surface area contributed by atoms with Crippen LogP contribution in [-0.2, 0) is 0 Å². The molecule has 1 aromatic rings. The molecule has 15 heavy (non-hydrogen) atoms. The summed E-state index contributed by atoms with van der Waals surface area (Å²) in [6.45, 7) is 5.96. The third kappa shape index (κ3) is 1.93. The predicted molar refractivity (Wildman–Crippen MR) is 65.1 cm³/mol. The summed E-state index contributed by atoms with van der Waals surface area (Å²) in [5.74, 6) is 0.678. The molecular formula is C14H21N. The van der Waals surface area contributed by atoms with Gasteiger partial charge in [-0.25, -0.2) is 0 Å². The molecular weight excluding hydrogens is 182 g/mol. The largest absolute Gasteiger partial charge is 0.301 e. The molecule has 1 saturated heterocycles. The second-order valence-electron chi connectivity index (χ2n) is 5.18. The average Bonchev–Trinajstić information content (AvgIpc) is 2.23. The van der Waals surface area contributed by atoms with Crippen LogP contribution in [0.4, 0.5) is 0 Å². The lowest BCUT2D eigenvalue weighted by atomic mass is 9.75. The molecule has 0 aliphatic carbocycles. The molecule has 1 aliphatic rings. The second kappa shape index (κ2) is 3.97. The Hall–Kier alpha value is -0.820. The Morgan fingerprint density at radius 3 is 2.53 bits per heavy atom. The lowest BCUT2D eigenvalue weighted by molar-refractivity contribution is 0.0825. The van der Waals surface area contributed by atoms with Gasteiger partial charge in [0.25, 0.3) is 0 Å². The molecule has 2 rings (SSSR count). The van der Waals surface area contributed by atoms with Crippen LogP contribution in [0.2, 0.25) is 0 Å². The lowest BCUT2D eigenvalue weighted by Gasteiger charge is -2.46. The van der Waals surface area contributed by atoms with Gasteiger partial charge in [-0.2, -0.15) is 0 Å². The van der Waals surface area contributed by atoms with Crippen LogP contribution in [0, 0.1) is 0 Å². The van der Waals surface area contributed by atoms with E-state index >= 15 is 0 Å². The summed E-state index contributed by atoms with van der Waals surface area (Å²) in [6, 6.07) is 10.9. The normalized spacial score (nSPS) is 26.5. The van der Waals surface area contributed by atoms with E-state index in [4.69, 9.17) is 0 Å². The summed E-state index contributed by atoms with van der Waals surface area (Å²) in [5.41, 5.74) is 1.79. The number of rotatable bonds is 1. The zero-order valence-corrected chi connectivity index (χ0v) is 10.0. The molecule has 1 aliphatic heterocycles. The maximum Gasteiger partial charge on any atom is 0.0218 e. The standard InChI is InChI=1S/C14H21N/c1-14(2)13(10-7-11-15(14)3)12-8-5-4-6-9-12/h4-6,8-9,13H,7,10-11H2,1-3H3/t13-/m0/s1. The fraction of sp³-hybridized carbons (Fsp3) is 0.571. The fourth-order valence-electron chi connectivity index (χ4n) is 2.70. The van der Waals surface area contributed by atoms with Crippen molar-refractivity contribution in [2.75, 3.05) is 13.6 Å². The quantitative estimate of drug-likeness (QED) is 0.677. The predicted octanol–water partition coefficient (Wildman–Crippen LogP) is 3.27. The summed E-state index contributed by atoms with van der Waals surface area (Å²) in [5, 5.41) is 0. The molecule has 0 amide bonds. The third-order valence-electron chi connectivity index (χ3n) is 4.02. The van der Waals surface area contributed by atoms with Gasteiger partial charge in [0.05, 0.1) is 0 Å². The van der Waals surface area contributed by atoms with Crippen LogP contribution < -0.4 is 0 Å². The molecule has 1 heterocycles. The number of hydrogen-bond donors (Lipinski definition) is 0. The molecule has 82 valence electrons. The van der Waals surface area contributed by atoms with E-state index in [1.54, 1.807) is 0 Å². The van der Waals surface area contributed by atoms with Crippen molar-refractivity contribution < 1.29 is 0 Å². The minimum atomic E-state index is 0.291. The van der Waals surface area contributed by atoms with Gasteiger partial charge in [-0.3, -0.25) is 0 Å². The van der Waals surface area contributed by atoms with Crippen LogP contribution in [0.5, 0.6) is 0 Å². The molecule has 0 saturated carbocycles. The third-order valence-corrected chi connectivity index (χ3v) is 4.02. The monoisotopic (exact) mass is 203 g/mol. The van der Waals surface area contributed by atoms with E-state index in [1.165, 1.54) is 24.9 Å². The van der Waals surface area contributed by atoms with Crippen LogP contribution in [0.3, 0.4) is 0 Å². The molecule has 0 spiro atoms. The Bertz CT molecular complexity index is 315. The van der Waals surface area contributed by atoms with E-state index < -0.39 is 0 Å². The van der Waals surface area contributed by atoms with Crippen molar-refractivity contribution in [3.05, 3.63) is 35.9 Å². The molecule has 1 nitrogen and oxygen atoms in total. The van der Waals surface area contributed by atoms with Gasteiger partial charge in [0.1, 0.15) is 0 Å². The fourth-order valence-corrected chi connectivity index (χ4v) is 2.70. The summed E-state index contributed by atoms with van der Waals surface area (Å²) in [4.78, 5) is 2.49. The van der Waals surface area contributed by atoms with Gasteiger partial charge in [-0.15, -0.1) is 0 Å². The zero-order valence-electron chi connectivity index (χ0n) is 10.0. The zero-order chi connectivity index (χ0) is 10.9. The van der Waals surface area contributed by atoms with Crippen molar-refractivity contribution in [3.63, 3.8) is 0 Å². The molecule has 1 atom stereocenters. The molecule has 0 bridgehead atoms. The highest BCUT2D eigenvalue weighted by atomic mass is 15.2. The highest BCUT2D eigenvalue weighted by Crippen LogP contribution is 2.39. The Morgan fingerprint density at radius 2 is 1.87 bits per heavy atom. The van der Waals surface area contributed by atoms with Crippen molar-refractivity contribution in [1.29, 1.82) is 0 Å². The summed E-state index contributed by atoms with van der Waals surface area (Å²) in [7, 11) is 2.25. The highest BCUT2D eigenvalue weighted by molar-refractivity contribution is 5.24. The molecule has 0 radical (unpaired) electrons. The maximum atomic E-state index is 2.49. The Balaban J connectivity index is 2.28. The van der Waals surface area contributed by atoms with Crippen LogP contribution >= 0.6 is 0 Å². The molecule has 0 N–H and O–H groups in total. The van der Waals surface area contributed by atoms with E-state index in [-0.39, 0.29) is 0 Å². The molecule has 1 fully saturated rings. The van der Waals surface area contributed by atoms with Crippen molar-refractivity contribution in [3.8, 4) is 0 Å². The van der Waals surface area contributed by atoms with Crippen molar-refractivity contribution in [1.82, 2.24) is 4.90 Å². The number of likely N-dealkylation sites (tertiary alicyclic amines) is 1. The van der Waals surface area contributed by atoms with Gasteiger partial charge in [-0.1, -0.05) is 30.3 Å². The number of hydrogen-bond acceptors (Lipinski definition) is 1. The minimum Gasteiger partial charge on any atom is -0.301 e. The van der Waals surface area contributed by atoms with E-state index in [2.05, 4.69) is 56.1 Å². The number of piperidine rings is 1. The van der Waals surface area contributed by atoms with Crippen LogP contribution in [0.1, 0.15) is 38.2 Å². The molecule has 1 aromatic carbocycles. The Kier molecular flexibility index (Phi) is 2.83. The molecule has 0 unspecified atom stereocenters. The molecule has 0 aromatic heterocycles. The van der Waals surface area contributed by atoms with Gasteiger partial charge in [0.2, 0.25) is 0 Å². The van der Waals surface area contributed by atoms with Gasteiger partial charge in [0, 0.05) is 11.5 Å². The van der Waals surface area contributed by atoms with E-state index in [9.17, 15) is 0 Å². The molecule has 1 heteroatoms. The van der Waals surface area contributed by atoms with Crippen molar-refractivity contribution in [2.24, 2.45) is 0 Å². The number of benzene rings is 1. The first-order chi connectivity index (χ1) is 7.12. The summed E-state index contributed by atoms with van der Waals surface area (Å²) >= 11 is 0. The van der Waals surface area contributed by atoms with Gasteiger partial charge in [0.15, 0.2) is 0 Å². The van der Waals surface area contributed by atoms with Gasteiger partial charge < -0.3 is 4.90 Å². The minimum absolute atomic E-state index is 0.291. The van der Waals surface area contributed by atoms with Gasteiger partial charge >= 0.3 is 0 Å². The smallest absolute Gasteiger partial charge is 0.0218 e. The summed E-state index contributed by atoms with van der Waals surface area (Å²) < 4.78 is 0. The van der Waals surface area contributed by atoms with Crippen LogP contribution in [-0.4, -0.2) is 24.0 Å². The lowest BCUT2D eigenvalue weighted by Crippen LogP contribution is -2.49.